The van der Waals surface area contributed by atoms with Gasteiger partial charge in [-0.3, -0.25) is 0 Å². The molecule has 0 bridgehead atoms. The lowest BCUT2D eigenvalue weighted by molar-refractivity contribution is 0.565. The molecule has 0 amide bonds. The monoisotopic (exact) mass is 261 g/mol. The Hall–Kier alpha value is -1.32. The first kappa shape index (κ1) is 11.8. The number of aryl methyl sites for hydroxylation is 1. The van der Waals surface area contributed by atoms with E-state index in [1.807, 2.05) is 24.3 Å². The minimum absolute atomic E-state index is 0.270. The summed E-state index contributed by atoms with van der Waals surface area (Å²) in [4.78, 5) is 8.04. The topological polar surface area (TPSA) is 54.7 Å². The second-order valence-corrected chi connectivity index (χ2v) is 5.29. The summed E-state index contributed by atoms with van der Waals surface area (Å²) < 4.78 is 0. The number of aromatic nitrogens is 2. The Morgan fingerprint density at radius 1 is 1.39 bits per heavy atom. The molecule has 3 nitrogen and oxygen atoms in total. The number of imidazole rings is 1. The number of nitrogens with one attached hydrogen (secondary N) is 1. The largest absolute Gasteiger partial charge is 0.345 e. The molecular weight excluding hydrogens is 246 g/mol. The number of nitrogens with zero attached hydrogens (tertiary/aromatic N) is 1. The minimum atomic E-state index is 0.270. The number of hydrogen-bond donors (Lipinski definition) is 2. The van der Waals surface area contributed by atoms with Crippen molar-refractivity contribution in [3.8, 4) is 0 Å². The van der Waals surface area contributed by atoms with Gasteiger partial charge in [-0.05, 0) is 24.5 Å². The van der Waals surface area contributed by atoms with Crippen molar-refractivity contribution in [2.24, 2.45) is 5.73 Å². The summed E-state index contributed by atoms with van der Waals surface area (Å²) in [7, 11) is 0. The molecule has 1 heterocycles. The Balaban J connectivity index is 1.84. The quantitative estimate of drug-likeness (QED) is 0.873. The fraction of sp³-hybridized carbons (Fsp3) is 0.357. The maximum atomic E-state index is 6.16. The second kappa shape index (κ2) is 4.75. The van der Waals surface area contributed by atoms with E-state index in [1.54, 1.807) is 0 Å². The van der Waals surface area contributed by atoms with Crippen molar-refractivity contribution in [2.45, 2.75) is 31.7 Å². The fourth-order valence-corrected chi connectivity index (χ4v) is 2.68. The number of halogens is 1. The smallest absolute Gasteiger partial charge is 0.111 e. The van der Waals surface area contributed by atoms with Crippen molar-refractivity contribution < 1.29 is 0 Å². The van der Waals surface area contributed by atoms with Crippen LogP contribution in [0.2, 0.25) is 5.02 Å². The van der Waals surface area contributed by atoms with Gasteiger partial charge < -0.3 is 10.7 Å². The van der Waals surface area contributed by atoms with Crippen LogP contribution < -0.4 is 5.73 Å². The number of fused-ring (bicyclic) bond motifs is 1. The van der Waals surface area contributed by atoms with E-state index in [-0.39, 0.29) is 6.04 Å². The van der Waals surface area contributed by atoms with Gasteiger partial charge in [0.1, 0.15) is 5.82 Å². The van der Waals surface area contributed by atoms with Crippen LogP contribution in [0.5, 0.6) is 0 Å². The van der Waals surface area contributed by atoms with Crippen LogP contribution in [0.15, 0.2) is 24.3 Å². The van der Waals surface area contributed by atoms with Crippen LogP contribution in [0.1, 0.15) is 29.2 Å². The predicted molar refractivity (Wildman–Crippen MR) is 72.8 cm³/mol. The van der Waals surface area contributed by atoms with Crippen molar-refractivity contribution in [1.82, 2.24) is 9.97 Å². The molecule has 0 saturated heterocycles. The van der Waals surface area contributed by atoms with Gasteiger partial charge >= 0.3 is 0 Å². The van der Waals surface area contributed by atoms with Crippen molar-refractivity contribution >= 4 is 11.6 Å². The summed E-state index contributed by atoms with van der Waals surface area (Å²) >= 11 is 6.16. The lowest BCUT2D eigenvalue weighted by Crippen LogP contribution is -2.27. The first-order chi connectivity index (χ1) is 8.72. The highest BCUT2D eigenvalue weighted by molar-refractivity contribution is 6.31. The van der Waals surface area contributed by atoms with Crippen molar-refractivity contribution in [3.05, 3.63) is 52.1 Å². The normalized spacial score (nSPS) is 18.7. The minimum Gasteiger partial charge on any atom is -0.345 e. The van der Waals surface area contributed by atoms with Gasteiger partial charge in [-0.15, -0.1) is 0 Å². The summed E-state index contributed by atoms with van der Waals surface area (Å²) in [5.74, 6) is 0.988. The number of nitrogens with two attached hydrogens (primary N) is 1. The van der Waals surface area contributed by atoms with E-state index in [0.717, 1.165) is 42.1 Å². The van der Waals surface area contributed by atoms with Crippen LogP contribution in [0.4, 0.5) is 0 Å². The molecule has 18 heavy (non-hydrogen) atoms. The highest BCUT2D eigenvalue weighted by Crippen LogP contribution is 2.22. The van der Waals surface area contributed by atoms with Gasteiger partial charge in [0.2, 0.25) is 0 Å². The second-order valence-electron chi connectivity index (χ2n) is 4.88. The average molecular weight is 262 g/mol. The third kappa shape index (κ3) is 2.28. The van der Waals surface area contributed by atoms with E-state index in [9.17, 15) is 0 Å². The maximum Gasteiger partial charge on any atom is 0.111 e. The van der Waals surface area contributed by atoms with E-state index >= 15 is 0 Å². The molecule has 1 unspecified atom stereocenters. The molecule has 0 aliphatic heterocycles. The van der Waals surface area contributed by atoms with Crippen molar-refractivity contribution in [1.29, 1.82) is 0 Å². The Kier molecular flexibility index (Phi) is 3.10. The Morgan fingerprint density at radius 2 is 2.22 bits per heavy atom. The molecule has 0 saturated carbocycles. The Labute approximate surface area is 111 Å². The van der Waals surface area contributed by atoms with Crippen LogP contribution >= 0.6 is 11.6 Å². The summed E-state index contributed by atoms with van der Waals surface area (Å²) in [5.41, 5.74) is 9.46. The van der Waals surface area contributed by atoms with Gasteiger partial charge in [-0.2, -0.15) is 0 Å². The number of rotatable bonds is 2. The molecule has 1 aliphatic carbocycles. The molecule has 1 aromatic heterocycles. The Bertz CT molecular complexity index is 562. The van der Waals surface area contributed by atoms with E-state index in [4.69, 9.17) is 17.3 Å². The van der Waals surface area contributed by atoms with E-state index in [0.29, 0.717) is 0 Å². The SMILES string of the molecule is NC1CCc2nc(Cc3ccccc3Cl)[nH]c2C1. The van der Waals surface area contributed by atoms with Crippen LogP contribution in [0.25, 0.3) is 0 Å². The predicted octanol–water partition coefficient (Wildman–Crippen LogP) is 2.47. The third-order valence-electron chi connectivity index (χ3n) is 3.45. The molecule has 4 heteroatoms. The lowest BCUT2D eigenvalue weighted by atomic mass is 9.97. The number of H-pyrrole nitrogens is 1. The van der Waals surface area contributed by atoms with Gasteiger partial charge in [0, 0.05) is 29.6 Å². The van der Waals surface area contributed by atoms with Gasteiger partial charge in [-0.1, -0.05) is 29.8 Å². The number of aromatic amines is 1. The molecule has 2 aromatic rings. The standard InChI is InChI=1S/C14H16ClN3/c15-11-4-2-1-3-9(11)7-14-17-12-6-5-10(16)8-13(12)18-14/h1-4,10H,5-8,16H2,(H,17,18). The third-order valence-corrected chi connectivity index (χ3v) is 3.82. The molecule has 0 spiro atoms. The van der Waals surface area contributed by atoms with E-state index < -0.39 is 0 Å². The van der Waals surface area contributed by atoms with Crippen LogP contribution in [0, 0.1) is 0 Å². The summed E-state index contributed by atoms with van der Waals surface area (Å²) in [6.45, 7) is 0. The fourth-order valence-electron chi connectivity index (χ4n) is 2.47. The first-order valence-corrected chi connectivity index (χ1v) is 6.66. The maximum absolute atomic E-state index is 6.16. The van der Waals surface area contributed by atoms with E-state index in [1.165, 1.54) is 11.4 Å². The first-order valence-electron chi connectivity index (χ1n) is 6.28. The molecule has 3 rings (SSSR count). The van der Waals surface area contributed by atoms with Crippen molar-refractivity contribution in [3.63, 3.8) is 0 Å². The van der Waals surface area contributed by atoms with Gasteiger partial charge in [-0.25, -0.2) is 4.98 Å². The molecule has 94 valence electrons. The van der Waals surface area contributed by atoms with Gasteiger partial charge in [0.25, 0.3) is 0 Å². The average Bonchev–Trinajstić information content (AvgIpc) is 2.73. The summed E-state index contributed by atoms with van der Waals surface area (Å²) in [5, 5.41) is 0.795. The van der Waals surface area contributed by atoms with Crippen LogP contribution in [0.3, 0.4) is 0 Å². The highest BCUT2D eigenvalue weighted by atomic mass is 35.5. The highest BCUT2D eigenvalue weighted by Gasteiger charge is 2.19. The zero-order valence-corrected chi connectivity index (χ0v) is 10.9. The van der Waals surface area contributed by atoms with Gasteiger partial charge in [0.05, 0.1) is 5.69 Å². The van der Waals surface area contributed by atoms with Crippen molar-refractivity contribution in [2.75, 3.05) is 0 Å². The van der Waals surface area contributed by atoms with Crippen LogP contribution in [-0.2, 0) is 19.3 Å². The lowest BCUT2D eigenvalue weighted by Gasteiger charge is -2.15. The summed E-state index contributed by atoms with van der Waals surface area (Å²) in [6, 6.07) is 8.16. The molecule has 0 radical (unpaired) electrons. The number of hydrogen-bond acceptors (Lipinski definition) is 2. The molecular formula is C14H16ClN3. The molecule has 1 atom stereocenters. The number of benzene rings is 1. The van der Waals surface area contributed by atoms with E-state index in [2.05, 4.69) is 9.97 Å². The summed E-state index contributed by atoms with van der Waals surface area (Å²) in [6.07, 6.45) is 3.67. The zero-order valence-electron chi connectivity index (χ0n) is 10.1. The zero-order chi connectivity index (χ0) is 12.5. The Morgan fingerprint density at radius 3 is 3.06 bits per heavy atom. The molecule has 3 N–H and O–H groups in total. The van der Waals surface area contributed by atoms with Crippen LogP contribution in [-0.4, -0.2) is 16.0 Å². The molecule has 1 aliphatic rings. The molecule has 1 aromatic carbocycles. The molecule has 0 fully saturated rings. The van der Waals surface area contributed by atoms with Gasteiger partial charge in [0.15, 0.2) is 0 Å².